The molecule has 10 nitrogen and oxygen atoms in total. The molecular weight excluding hydrogens is 490 g/mol. The van der Waals surface area contributed by atoms with Gasteiger partial charge in [0, 0.05) is 24.7 Å². The fourth-order valence-corrected chi connectivity index (χ4v) is 4.35. The summed E-state index contributed by atoms with van der Waals surface area (Å²) in [6.07, 6.45) is 1.38. The topological polar surface area (TPSA) is 119 Å². The van der Waals surface area contributed by atoms with Crippen LogP contribution in [-0.2, 0) is 15.9 Å². The molecule has 1 amide bonds. The van der Waals surface area contributed by atoms with Crippen LogP contribution in [0, 0.1) is 18.6 Å². The number of amides is 1. The lowest BCUT2D eigenvalue weighted by Gasteiger charge is -2.31. The molecule has 1 aliphatic rings. The van der Waals surface area contributed by atoms with Gasteiger partial charge in [-0.15, -0.1) is 0 Å². The van der Waals surface area contributed by atoms with Crippen molar-refractivity contribution in [3.63, 3.8) is 0 Å². The minimum Gasteiger partial charge on any atom is -0.465 e. The lowest BCUT2D eigenvalue weighted by molar-refractivity contribution is -0.0214. The third-order valence-electron chi connectivity index (χ3n) is 6.14. The Morgan fingerprint density at radius 2 is 1.97 bits per heavy atom. The number of carboxylic acid groups (broad SMARTS) is 1. The van der Waals surface area contributed by atoms with Crippen molar-refractivity contribution in [1.29, 1.82) is 0 Å². The number of rotatable bonds is 5. The zero-order valence-corrected chi connectivity index (χ0v) is 19.9. The molecule has 1 atom stereocenters. The number of methoxy groups -OCH3 is 1. The zero-order valence-electron chi connectivity index (χ0n) is 19.9. The minimum absolute atomic E-state index is 0.0113. The van der Waals surface area contributed by atoms with Gasteiger partial charge in [-0.05, 0) is 36.8 Å². The molecule has 1 aliphatic heterocycles. The third-order valence-corrected chi connectivity index (χ3v) is 6.14. The Labute approximate surface area is 209 Å². The first-order valence-electron chi connectivity index (χ1n) is 11.4. The average Bonchev–Trinajstić information content (AvgIpc) is 3.49. The van der Waals surface area contributed by atoms with Gasteiger partial charge in [0.2, 0.25) is 5.89 Å². The predicted octanol–water partition coefficient (Wildman–Crippen LogP) is 3.95. The van der Waals surface area contributed by atoms with Crippen molar-refractivity contribution < 1.29 is 37.4 Å². The number of aryl methyl sites for hydroxylation is 1. The number of hydrogen-bond acceptors (Lipinski definition) is 7. The molecule has 0 radical (unpaired) electrons. The highest BCUT2D eigenvalue weighted by atomic mass is 19.1. The third kappa shape index (κ3) is 4.62. The maximum Gasteiger partial charge on any atom is 0.407 e. The molecule has 37 heavy (non-hydrogen) atoms. The summed E-state index contributed by atoms with van der Waals surface area (Å²) in [6, 6.07) is 5.72. The molecule has 0 spiro atoms. The van der Waals surface area contributed by atoms with Crippen molar-refractivity contribution >= 4 is 17.7 Å². The summed E-state index contributed by atoms with van der Waals surface area (Å²) in [7, 11) is 1.18. The molecule has 0 saturated carbocycles. The molecule has 0 unspecified atom stereocenters. The van der Waals surface area contributed by atoms with Gasteiger partial charge < -0.3 is 28.3 Å². The fourth-order valence-electron chi connectivity index (χ4n) is 4.35. The van der Waals surface area contributed by atoms with Gasteiger partial charge in [-0.3, -0.25) is 0 Å². The van der Waals surface area contributed by atoms with Crippen molar-refractivity contribution in [3.8, 4) is 22.7 Å². The predicted molar refractivity (Wildman–Crippen MR) is 125 cm³/mol. The highest BCUT2D eigenvalue weighted by molar-refractivity contribution is 5.87. The zero-order chi connectivity index (χ0) is 26.3. The Kier molecular flexibility index (Phi) is 6.34. The van der Waals surface area contributed by atoms with Crippen LogP contribution in [0.2, 0.25) is 0 Å². The fraction of sp³-hybridized carbons (Fsp3) is 0.280. The van der Waals surface area contributed by atoms with E-state index in [0.29, 0.717) is 11.3 Å². The second-order valence-electron chi connectivity index (χ2n) is 8.61. The van der Waals surface area contributed by atoms with Gasteiger partial charge >= 0.3 is 12.1 Å². The van der Waals surface area contributed by atoms with Crippen LogP contribution < -0.4 is 0 Å². The number of aromatic nitrogens is 3. The van der Waals surface area contributed by atoms with Gasteiger partial charge in [0.1, 0.15) is 23.5 Å². The number of halogens is 2. The first-order chi connectivity index (χ1) is 17.7. The van der Waals surface area contributed by atoms with E-state index < -0.39 is 29.8 Å². The van der Waals surface area contributed by atoms with Crippen molar-refractivity contribution in [3.05, 3.63) is 65.3 Å². The van der Waals surface area contributed by atoms with Gasteiger partial charge in [-0.1, -0.05) is 0 Å². The number of fused-ring (bicyclic) bond motifs is 1. The molecule has 4 heterocycles. The summed E-state index contributed by atoms with van der Waals surface area (Å²) in [6.45, 7) is 2.44. The van der Waals surface area contributed by atoms with Crippen molar-refractivity contribution in [2.75, 3.05) is 26.8 Å². The molecule has 0 bridgehead atoms. The van der Waals surface area contributed by atoms with Gasteiger partial charge in [0.15, 0.2) is 5.69 Å². The Balaban J connectivity index is 1.57. The number of oxazole rings is 1. The van der Waals surface area contributed by atoms with Crippen LogP contribution in [0.5, 0.6) is 0 Å². The number of carbonyl (C=O) groups excluding carboxylic acids is 1. The summed E-state index contributed by atoms with van der Waals surface area (Å²) < 4.78 is 48.2. The Morgan fingerprint density at radius 3 is 2.68 bits per heavy atom. The van der Waals surface area contributed by atoms with Gasteiger partial charge in [-0.25, -0.2) is 28.3 Å². The minimum atomic E-state index is -1.06. The van der Waals surface area contributed by atoms with Crippen LogP contribution in [0.15, 0.2) is 41.1 Å². The molecule has 4 aromatic rings. The number of esters is 1. The summed E-state index contributed by atoms with van der Waals surface area (Å²) in [4.78, 5) is 32.8. The summed E-state index contributed by atoms with van der Waals surface area (Å²) >= 11 is 0. The van der Waals surface area contributed by atoms with Gasteiger partial charge in [-0.2, -0.15) is 0 Å². The van der Waals surface area contributed by atoms with E-state index in [-0.39, 0.29) is 54.5 Å². The van der Waals surface area contributed by atoms with Crippen LogP contribution in [0.4, 0.5) is 13.6 Å². The molecule has 192 valence electrons. The van der Waals surface area contributed by atoms with Crippen LogP contribution >= 0.6 is 0 Å². The Morgan fingerprint density at radius 1 is 1.22 bits per heavy atom. The van der Waals surface area contributed by atoms with E-state index in [1.807, 2.05) is 13.0 Å². The highest BCUT2D eigenvalue weighted by Crippen LogP contribution is 2.34. The number of ether oxygens (including phenoxy) is 2. The van der Waals surface area contributed by atoms with Crippen LogP contribution in [-0.4, -0.2) is 69.3 Å². The number of morpholine rings is 1. The van der Waals surface area contributed by atoms with Gasteiger partial charge in [0.25, 0.3) is 0 Å². The smallest absolute Gasteiger partial charge is 0.407 e. The molecule has 5 rings (SSSR count). The number of pyridine rings is 1. The van der Waals surface area contributed by atoms with E-state index in [4.69, 9.17) is 9.15 Å². The van der Waals surface area contributed by atoms with Crippen LogP contribution in [0.3, 0.4) is 0 Å². The number of imidazole rings is 1. The number of nitrogens with zero attached hydrogens (tertiary/aromatic N) is 4. The van der Waals surface area contributed by atoms with Crippen LogP contribution in [0.25, 0.3) is 28.4 Å². The normalized spacial score (nSPS) is 15.8. The first kappa shape index (κ1) is 24.4. The second-order valence-corrected chi connectivity index (χ2v) is 8.61. The molecule has 1 aromatic carbocycles. The highest BCUT2D eigenvalue weighted by Gasteiger charge is 2.29. The maximum atomic E-state index is 15.5. The van der Waals surface area contributed by atoms with E-state index in [1.54, 1.807) is 16.7 Å². The largest absolute Gasteiger partial charge is 0.465 e. The van der Waals surface area contributed by atoms with E-state index in [9.17, 15) is 14.7 Å². The number of benzene rings is 1. The maximum absolute atomic E-state index is 15.5. The van der Waals surface area contributed by atoms with Crippen molar-refractivity contribution in [2.45, 2.75) is 19.4 Å². The molecule has 0 aliphatic carbocycles. The quantitative estimate of drug-likeness (QED) is 0.399. The molecule has 1 saturated heterocycles. The SMILES string of the molecule is COC(=O)c1coc(-c2cc(F)c(-c3nc4cc(C)ccn4c3C[C@H]3CN(C(=O)O)CCO3)c(F)c2)n1. The van der Waals surface area contributed by atoms with Crippen molar-refractivity contribution in [2.24, 2.45) is 0 Å². The van der Waals surface area contributed by atoms with Gasteiger partial charge in [0.05, 0.1) is 43.3 Å². The van der Waals surface area contributed by atoms with E-state index in [1.165, 1.54) is 12.0 Å². The Hall–Kier alpha value is -4.32. The number of hydrogen-bond donors (Lipinski definition) is 1. The monoisotopic (exact) mass is 512 g/mol. The second kappa shape index (κ2) is 9.62. The van der Waals surface area contributed by atoms with E-state index in [2.05, 4.69) is 14.7 Å². The van der Waals surface area contributed by atoms with Crippen LogP contribution in [0.1, 0.15) is 21.7 Å². The van der Waals surface area contributed by atoms with Crippen molar-refractivity contribution in [1.82, 2.24) is 19.3 Å². The Bertz CT molecular complexity index is 1490. The average molecular weight is 512 g/mol. The molecular formula is C25H22F2N4O6. The summed E-state index contributed by atoms with van der Waals surface area (Å²) in [5.74, 6) is -2.72. The number of carbonyl (C=O) groups is 2. The lowest BCUT2D eigenvalue weighted by atomic mass is 10.0. The summed E-state index contributed by atoms with van der Waals surface area (Å²) in [5.41, 5.74) is 1.43. The lowest BCUT2D eigenvalue weighted by Crippen LogP contribution is -2.45. The first-order valence-corrected chi connectivity index (χ1v) is 11.4. The molecule has 1 N–H and O–H groups in total. The summed E-state index contributed by atoms with van der Waals surface area (Å²) in [5, 5.41) is 9.37. The van der Waals surface area contributed by atoms with E-state index >= 15 is 8.78 Å². The molecule has 1 fully saturated rings. The van der Waals surface area contributed by atoms with E-state index in [0.717, 1.165) is 24.0 Å². The molecule has 12 heteroatoms. The standard InChI is InChI=1S/C25H22F2N4O6/c1-13-3-4-31-19(10-15-11-30(25(33)34)5-6-36-15)22(29-20(31)7-13)21-16(26)8-14(9-17(21)27)23-28-18(12-37-23)24(32)35-2/h3-4,7-9,12,15H,5-6,10-11H2,1-2H3,(H,33,34)/t15-/m0/s1. The molecule has 3 aromatic heterocycles.